The number of Topliss-reactive ketones (excluding diaryl/α,β-unsaturated/α-hetero) is 1. The first kappa shape index (κ1) is 14.8. The highest BCUT2D eigenvalue weighted by molar-refractivity contribution is 5.94. The lowest BCUT2D eigenvalue weighted by atomic mass is 10.2. The average Bonchev–Trinajstić information content (AvgIpc) is 3.07. The summed E-state index contributed by atoms with van der Waals surface area (Å²) in [6.45, 7) is 3.76. The predicted octanol–water partition coefficient (Wildman–Crippen LogP) is 1.58. The van der Waals surface area contributed by atoms with E-state index in [-0.39, 0.29) is 5.78 Å². The van der Waals surface area contributed by atoms with E-state index in [1.807, 2.05) is 12.1 Å². The molecule has 0 saturated heterocycles. The van der Waals surface area contributed by atoms with Crippen molar-refractivity contribution in [2.75, 3.05) is 5.32 Å². The number of nitrogens with zero attached hydrogens (tertiary/aromatic N) is 6. The third-order valence-corrected chi connectivity index (χ3v) is 3.30. The van der Waals surface area contributed by atoms with Gasteiger partial charge in [0.15, 0.2) is 11.6 Å². The molecule has 116 valence electrons. The Morgan fingerprint density at radius 1 is 1.35 bits per heavy atom. The van der Waals surface area contributed by atoms with Gasteiger partial charge in [0.05, 0.1) is 11.3 Å². The molecule has 0 aliphatic carbocycles. The normalized spacial score (nSPS) is 10.5. The number of rotatable bonds is 5. The van der Waals surface area contributed by atoms with Crippen LogP contribution in [0.3, 0.4) is 0 Å². The van der Waals surface area contributed by atoms with Gasteiger partial charge in [-0.2, -0.15) is 5.10 Å². The number of carbonyl (C=O) groups is 1. The van der Waals surface area contributed by atoms with E-state index in [1.54, 1.807) is 24.1 Å². The molecule has 0 unspecified atom stereocenters. The fourth-order valence-corrected chi connectivity index (χ4v) is 2.16. The van der Waals surface area contributed by atoms with Gasteiger partial charge in [0, 0.05) is 24.5 Å². The molecule has 0 atom stereocenters. The number of hydrogen-bond acceptors (Lipinski definition) is 7. The molecule has 0 amide bonds. The minimum Gasteiger partial charge on any atom is -0.350 e. The summed E-state index contributed by atoms with van der Waals surface area (Å²) in [5.41, 5.74) is 2.10. The lowest BCUT2D eigenvalue weighted by Crippen LogP contribution is -2.10. The summed E-state index contributed by atoms with van der Waals surface area (Å²) in [7, 11) is 0. The maximum Gasteiger partial charge on any atom is 0.223 e. The molecule has 1 N–H and O–H groups in total. The third-order valence-electron chi connectivity index (χ3n) is 3.30. The summed E-state index contributed by atoms with van der Waals surface area (Å²) >= 11 is 0. The summed E-state index contributed by atoms with van der Waals surface area (Å²) in [4.78, 5) is 28.1. The van der Waals surface area contributed by atoms with Crippen LogP contribution in [0.15, 0.2) is 37.2 Å². The zero-order valence-corrected chi connectivity index (χ0v) is 12.8. The average molecular weight is 309 g/mol. The molecular formula is C15H15N7O. The number of ketones is 1. The molecule has 0 saturated carbocycles. The lowest BCUT2D eigenvalue weighted by molar-refractivity contribution is 0.101. The zero-order valence-electron chi connectivity index (χ0n) is 12.8. The molecule has 0 aliphatic heterocycles. The second kappa shape index (κ2) is 6.30. The number of anilines is 1. The van der Waals surface area contributed by atoms with Crippen molar-refractivity contribution in [3.8, 4) is 5.82 Å². The number of hydrogen-bond donors (Lipinski definition) is 1. The number of nitrogens with one attached hydrogen (secondary N) is 1. The Morgan fingerprint density at radius 3 is 2.91 bits per heavy atom. The SMILES string of the molecule is CC(=O)c1cnc(NCc2cccnc2-n2cncn2)nc1C. The van der Waals surface area contributed by atoms with Gasteiger partial charge < -0.3 is 5.32 Å². The second-order valence-electron chi connectivity index (χ2n) is 4.93. The summed E-state index contributed by atoms with van der Waals surface area (Å²) in [6, 6.07) is 3.79. The van der Waals surface area contributed by atoms with Gasteiger partial charge in [0.2, 0.25) is 5.95 Å². The molecular weight excluding hydrogens is 294 g/mol. The van der Waals surface area contributed by atoms with Crippen LogP contribution >= 0.6 is 0 Å². The third kappa shape index (κ3) is 3.20. The summed E-state index contributed by atoms with van der Waals surface area (Å²) in [5, 5.41) is 7.23. The lowest BCUT2D eigenvalue weighted by Gasteiger charge is -2.10. The van der Waals surface area contributed by atoms with E-state index in [1.165, 1.54) is 19.4 Å². The zero-order chi connectivity index (χ0) is 16.2. The van der Waals surface area contributed by atoms with Gasteiger partial charge >= 0.3 is 0 Å². The number of aromatic nitrogens is 6. The highest BCUT2D eigenvalue weighted by Gasteiger charge is 2.09. The van der Waals surface area contributed by atoms with Crippen molar-refractivity contribution in [2.24, 2.45) is 0 Å². The molecule has 0 radical (unpaired) electrons. The predicted molar refractivity (Wildman–Crippen MR) is 83.3 cm³/mol. The van der Waals surface area contributed by atoms with Gasteiger partial charge in [0.25, 0.3) is 0 Å². The first-order valence-corrected chi connectivity index (χ1v) is 7.02. The largest absolute Gasteiger partial charge is 0.350 e. The number of pyridine rings is 1. The van der Waals surface area contributed by atoms with Gasteiger partial charge in [-0.1, -0.05) is 6.07 Å². The van der Waals surface area contributed by atoms with E-state index in [0.29, 0.717) is 29.6 Å². The van der Waals surface area contributed by atoms with Crippen LogP contribution in [0.2, 0.25) is 0 Å². The fourth-order valence-electron chi connectivity index (χ4n) is 2.16. The Labute approximate surface area is 132 Å². The smallest absolute Gasteiger partial charge is 0.223 e. The van der Waals surface area contributed by atoms with Gasteiger partial charge in [-0.3, -0.25) is 4.79 Å². The van der Waals surface area contributed by atoms with Crippen LogP contribution in [0.25, 0.3) is 5.82 Å². The summed E-state index contributed by atoms with van der Waals surface area (Å²) < 4.78 is 1.60. The molecule has 23 heavy (non-hydrogen) atoms. The minimum absolute atomic E-state index is 0.0465. The number of carbonyl (C=O) groups excluding carboxylic acids is 1. The maximum atomic E-state index is 11.4. The molecule has 0 bridgehead atoms. The first-order valence-electron chi connectivity index (χ1n) is 7.02. The van der Waals surface area contributed by atoms with E-state index in [0.717, 1.165) is 5.56 Å². The molecule has 3 rings (SSSR count). The molecule has 0 fully saturated rings. The van der Waals surface area contributed by atoms with Crippen LogP contribution in [0.1, 0.15) is 28.5 Å². The van der Waals surface area contributed by atoms with Crippen molar-refractivity contribution in [2.45, 2.75) is 20.4 Å². The Bertz CT molecular complexity index is 830. The van der Waals surface area contributed by atoms with E-state index in [4.69, 9.17) is 0 Å². The second-order valence-corrected chi connectivity index (χ2v) is 4.93. The molecule has 8 heteroatoms. The Kier molecular flexibility index (Phi) is 4.05. The van der Waals surface area contributed by atoms with E-state index >= 15 is 0 Å². The first-order chi connectivity index (χ1) is 11.1. The van der Waals surface area contributed by atoms with Crippen molar-refractivity contribution < 1.29 is 4.79 Å². The summed E-state index contributed by atoms with van der Waals surface area (Å²) in [6.07, 6.45) is 6.28. The quantitative estimate of drug-likeness (QED) is 0.714. The van der Waals surface area contributed by atoms with Crippen LogP contribution in [-0.4, -0.2) is 35.5 Å². The minimum atomic E-state index is -0.0465. The van der Waals surface area contributed by atoms with E-state index in [9.17, 15) is 4.79 Å². The topological polar surface area (TPSA) is 98.5 Å². The van der Waals surface area contributed by atoms with Gasteiger partial charge in [0.1, 0.15) is 12.7 Å². The van der Waals surface area contributed by atoms with Gasteiger partial charge in [-0.15, -0.1) is 0 Å². The molecule has 0 aromatic carbocycles. The molecule has 8 nitrogen and oxygen atoms in total. The Morgan fingerprint density at radius 2 is 2.22 bits per heavy atom. The van der Waals surface area contributed by atoms with Crippen LogP contribution in [-0.2, 0) is 6.54 Å². The van der Waals surface area contributed by atoms with Crippen molar-refractivity contribution in [1.82, 2.24) is 29.7 Å². The van der Waals surface area contributed by atoms with E-state index < -0.39 is 0 Å². The highest BCUT2D eigenvalue weighted by Crippen LogP contribution is 2.13. The van der Waals surface area contributed by atoms with Crippen LogP contribution in [0, 0.1) is 6.92 Å². The van der Waals surface area contributed by atoms with Crippen molar-refractivity contribution in [3.05, 3.63) is 54.0 Å². The summed E-state index contributed by atoms with van der Waals surface area (Å²) in [5.74, 6) is 1.10. The number of aryl methyl sites for hydroxylation is 1. The van der Waals surface area contributed by atoms with Crippen LogP contribution < -0.4 is 5.32 Å². The van der Waals surface area contributed by atoms with Gasteiger partial charge in [-0.25, -0.2) is 24.6 Å². The van der Waals surface area contributed by atoms with Crippen molar-refractivity contribution in [3.63, 3.8) is 0 Å². The van der Waals surface area contributed by atoms with Crippen molar-refractivity contribution >= 4 is 11.7 Å². The van der Waals surface area contributed by atoms with Crippen LogP contribution in [0.5, 0.6) is 0 Å². The van der Waals surface area contributed by atoms with Gasteiger partial charge in [-0.05, 0) is 19.9 Å². The molecule has 3 heterocycles. The Hall–Kier alpha value is -3.16. The molecule has 3 aromatic heterocycles. The molecule has 0 spiro atoms. The Balaban J connectivity index is 1.79. The van der Waals surface area contributed by atoms with Crippen LogP contribution in [0.4, 0.5) is 5.95 Å². The maximum absolute atomic E-state index is 11.4. The monoisotopic (exact) mass is 309 g/mol. The molecule has 0 aliphatic rings. The van der Waals surface area contributed by atoms with Crippen molar-refractivity contribution in [1.29, 1.82) is 0 Å². The van der Waals surface area contributed by atoms with E-state index in [2.05, 4.69) is 30.4 Å². The fraction of sp³-hybridized carbons (Fsp3) is 0.200. The standard InChI is InChI=1S/C15H15N7O/c1-10-13(11(2)23)7-19-15(21-10)18-6-12-4-3-5-17-14(12)22-9-16-8-20-22/h3-5,7-9H,6H2,1-2H3,(H,18,19,21). The molecule has 3 aromatic rings. The highest BCUT2D eigenvalue weighted by atomic mass is 16.1.